The number of rotatable bonds is 13. The fraction of sp³-hybridized carbons (Fsp3) is 0.483. The van der Waals surface area contributed by atoms with E-state index in [-0.39, 0.29) is 12.2 Å². The Balaban J connectivity index is 1.37. The molecule has 1 saturated heterocycles. The number of oxime groups is 1. The zero-order chi connectivity index (χ0) is 31.9. The first-order valence-electron chi connectivity index (χ1n) is 13.7. The largest absolute Gasteiger partial charge is 0.499 e. The molecule has 0 unspecified atom stereocenters. The van der Waals surface area contributed by atoms with Gasteiger partial charge in [0.15, 0.2) is 11.9 Å². The van der Waals surface area contributed by atoms with Crippen molar-refractivity contribution in [2.75, 3.05) is 20.8 Å². The summed E-state index contributed by atoms with van der Waals surface area (Å²) >= 11 is 0. The lowest BCUT2D eigenvalue weighted by molar-refractivity contribution is -0.360. The molecule has 0 aliphatic carbocycles. The van der Waals surface area contributed by atoms with Gasteiger partial charge in [0.05, 0.1) is 18.0 Å². The highest BCUT2D eigenvalue weighted by Gasteiger charge is 2.61. The lowest BCUT2D eigenvalue weighted by Gasteiger charge is -2.42. The maximum absolute atomic E-state index is 13.1. The summed E-state index contributed by atoms with van der Waals surface area (Å²) < 4.78 is 91.8. The zero-order valence-corrected chi connectivity index (χ0v) is 24.4. The topological polar surface area (TPSA) is 98.5 Å². The van der Waals surface area contributed by atoms with E-state index in [1.807, 2.05) is 6.92 Å². The van der Waals surface area contributed by atoms with E-state index in [0.29, 0.717) is 29.2 Å². The lowest BCUT2D eigenvalue weighted by atomic mass is 9.99. The molecule has 2 aromatic carbocycles. The van der Waals surface area contributed by atoms with E-state index in [2.05, 4.69) is 26.9 Å². The Bertz CT molecular complexity index is 1350. The average Bonchev–Trinajstić information content (AvgIpc) is 3.48. The van der Waals surface area contributed by atoms with Gasteiger partial charge in [-0.05, 0) is 43.2 Å². The second-order valence-electron chi connectivity index (χ2n) is 9.88. The van der Waals surface area contributed by atoms with Gasteiger partial charge >= 0.3 is 12.3 Å². The average molecular weight is 629 g/mol. The number of benzene rings is 2. The molecule has 1 fully saturated rings. The summed E-state index contributed by atoms with van der Waals surface area (Å²) in [5.41, 5.74) is 1.74. The maximum atomic E-state index is 13.1. The highest BCUT2D eigenvalue weighted by molar-refractivity contribution is 5.80. The molecule has 0 radical (unpaired) electrons. The molecule has 1 aromatic heterocycles. The van der Waals surface area contributed by atoms with E-state index in [1.165, 1.54) is 29.4 Å². The highest BCUT2D eigenvalue weighted by Crippen LogP contribution is 2.37. The van der Waals surface area contributed by atoms with Gasteiger partial charge in [0, 0.05) is 26.4 Å². The normalized spacial score (nSPS) is 22.8. The molecule has 4 rings (SSSR count). The molecule has 2 heterocycles. The molecule has 0 bridgehead atoms. The molecule has 0 saturated carbocycles. The van der Waals surface area contributed by atoms with E-state index >= 15 is 0 Å². The third-order valence-corrected chi connectivity index (χ3v) is 6.78. The van der Waals surface area contributed by atoms with Crippen molar-refractivity contribution < 1.29 is 50.5 Å². The van der Waals surface area contributed by atoms with E-state index in [0.717, 1.165) is 25.0 Å². The zero-order valence-electron chi connectivity index (χ0n) is 24.4. The number of hydrogen-bond donors (Lipinski definition) is 0. The van der Waals surface area contributed by atoms with E-state index < -0.39 is 36.5 Å². The van der Waals surface area contributed by atoms with Gasteiger partial charge in [-0.25, -0.2) is 9.67 Å². The predicted molar refractivity (Wildman–Crippen MR) is 148 cm³/mol. The number of hydrogen-bond acceptors (Lipinski definition) is 9. The van der Waals surface area contributed by atoms with Crippen molar-refractivity contribution in [3.05, 3.63) is 60.4 Å². The minimum absolute atomic E-state index is 0.324. The Hall–Kier alpha value is -3.66. The van der Waals surface area contributed by atoms with Crippen molar-refractivity contribution in [3.63, 3.8) is 0 Å². The number of unbranched alkanes of at least 4 members (excludes halogenated alkanes) is 1. The summed E-state index contributed by atoms with van der Waals surface area (Å²) in [6, 6.07) is 11.6. The molecule has 240 valence electrons. The van der Waals surface area contributed by atoms with E-state index in [9.17, 15) is 22.0 Å². The summed E-state index contributed by atoms with van der Waals surface area (Å²) in [6.07, 6.45) is -8.83. The Kier molecular flexibility index (Phi) is 10.9. The van der Waals surface area contributed by atoms with Crippen molar-refractivity contribution in [3.8, 4) is 22.8 Å². The molecule has 0 amide bonds. The fourth-order valence-electron chi connectivity index (χ4n) is 4.45. The summed E-state index contributed by atoms with van der Waals surface area (Å²) in [5.74, 6) is -0.303. The second-order valence-corrected chi connectivity index (χ2v) is 9.88. The summed E-state index contributed by atoms with van der Waals surface area (Å²) in [4.78, 5) is 9.90. The molecule has 1 aliphatic heterocycles. The SMILES string of the molecule is CCCCO[C@@H]1[C@@H](OC)[C@H](C)O[C@@H](O/N=C/c2ccc(-c3ncn(-c4ccc(OC(F)(F)C(F)(F)F)cc4)n3)cc2)[C@@H]1OC. The van der Waals surface area contributed by atoms with Crippen molar-refractivity contribution in [2.45, 2.75) is 69.7 Å². The molecule has 1 aliphatic rings. The van der Waals surface area contributed by atoms with Gasteiger partial charge in [0.1, 0.15) is 24.3 Å². The smallest absolute Gasteiger partial charge is 0.426 e. The van der Waals surface area contributed by atoms with Gasteiger partial charge in [-0.2, -0.15) is 22.0 Å². The lowest BCUT2D eigenvalue weighted by Crippen LogP contribution is -2.59. The van der Waals surface area contributed by atoms with Crippen LogP contribution < -0.4 is 4.74 Å². The standard InChI is InChI=1S/C29H33F5N4O6/c1-5-6-15-41-24-23(39-3)18(2)42-27(25(24)40-4)44-36-16-19-7-9-20(10-8-19)26-35-17-38(37-26)21-11-13-22(14-12-21)43-29(33,34)28(30,31)32/h7-14,16-18,23-25,27H,5-6,15H2,1-4H3/b36-16+/t18-,23-,24+,25+,27-/m0/s1. The van der Waals surface area contributed by atoms with Crippen LogP contribution in [0.2, 0.25) is 0 Å². The van der Waals surface area contributed by atoms with Gasteiger partial charge < -0.3 is 28.5 Å². The van der Waals surface area contributed by atoms with Crippen LogP contribution in [0.3, 0.4) is 0 Å². The second kappa shape index (κ2) is 14.4. The van der Waals surface area contributed by atoms with Crippen molar-refractivity contribution >= 4 is 6.21 Å². The van der Waals surface area contributed by atoms with Crippen LogP contribution in [-0.4, -0.2) is 84.8 Å². The predicted octanol–water partition coefficient (Wildman–Crippen LogP) is 5.78. The first kappa shape index (κ1) is 33.2. The number of aromatic nitrogens is 3. The summed E-state index contributed by atoms with van der Waals surface area (Å²) in [6.45, 7) is 4.50. The number of nitrogens with zero attached hydrogens (tertiary/aromatic N) is 4. The number of methoxy groups -OCH3 is 2. The van der Waals surface area contributed by atoms with E-state index in [4.69, 9.17) is 23.8 Å². The number of alkyl halides is 5. The van der Waals surface area contributed by atoms with Gasteiger partial charge in [0.2, 0.25) is 0 Å². The van der Waals surface area contributed by atoms with Crippen molar-refractivity contribution in [1.29, 1.82) is 0 Å². The van der Waals surface area contributed by atoms with Crippen LogP contribution in [0.1, 0.15) is 32.3 Å². The molecular weight excluding hydrogens is 595 g/mol. The third-order valence-electron chi connectivity index (χ3n) is 6.78. The number of halogens is 5. The molecule has 10 nitrogen and oxygen atoms in total. The van der Waals surface area contributed by atoms with Gasteiger partial charge in [-0.3, -0.25) is 0 Å². The molecule has 15 heteroatoms. The van der Waals surface area contributed by atoms with Crippen LogP contribution in [0.4, 0.5) is 22.0 Å². The van der Waals surface area contributed by atoms with Crippen LogP contribution in [0.5, 0.6) is 5.75 Å². The minimum atomic E-state index is -5.84. The van der Waals surface area contributed by atoms with Crippen LogP contribution in [0.25, 0.3) is 17.1 Å². The molecule has 0 N–H and O–H groups in total. The Morgan fingerprint density at radius 2 is 1.64 bits per heavy atom. The first-order valence-corrected chi connectivity index (χ1v) is 13.7. The first-order chi connectivity index (χ1) is 21.0. The summed E-state index contributed by atoms with van der Waals surface area (Å²) in [5, 5.41) is 8.43. The van der Waals surface area contributed by atoms with Crippen molar-refractivity contribution in [1.82, 2.24) is 14.8 Å². The quantitative estimate of drug-likeness (QED) is 0.102. The molecule has 5 atom stereocenters. The van der Waals surface area contributed by atoms with Crippen LogP contribution in [0.15, 0.2) is 60.0 Å². The fourth-order valence-corrected chi connectivity index (χ4v) is 4.45. The van der Waals surface area contributed by atoms with Gasteiger partial charge in [-0.15, -0.1) is 5.10 Å². The van der Waals surface area contributed by atoms with Gasteiger partial charge in [-0.1, -0.05) is 42.8 Å². The summed E-state index contributed by atoms with van der Waals surface area (Å²) in [7, 11) is 3.14. The van der Waals surface area contributed by atoms with Crippen LogP contribution >= 0.6 is 0 Å². The number of ether oxygens (including phenoxy) is 5. The Labute approximate surface area is 250 Å². The molecule has 44 heavy (non-hydrogen) atoms. The highest BCUT2D eigenvalue weighted by atomic mass is 19.4. The Morgan fingerprint density at radius 3 is 2.25 bits per heavy atom. The molecular formula is C29H33F5N4O6. The minimum Gasteiger partial charge on any atom is -0.426 e. The van der Waals surface area contributed by atoms with Crippen LogP contribution in [-0.2, 0) is 23.8 Å². The monoisotopic (exact) mass is 628 g/mol. The van der Waals surface area contributed by atoms with E-state index in [1.54, 1.807) is 38.5 Å². The maximum Gasteiger partial charge on any atom is 0.499 e. The Morgan fingerprint density at radius 1 is 0.955 bits per heavy atom. The molecule has 0 spiro atoms. The van der Waals surface area contributed by atoms with Crippen LogP contribution in [0, 0.1) is 0 Å². The van der Waals surface area contributed by atoms with Crippen molar-refractivity contribution in [2.24, 2.45) is 5.16 Å². The third kappa shape index (κ3) is 7.88. The van der Waals surface area contributed by atoms with Gasteiger partial charge in [0.25, 0.3) is 6.29 Å². The molecule has 3 aromatic rings.